The average molecular weight is 287 g/mol. The Hall–Kier alpha value is -2.13. The monoisotopic (exact) mass is 287 g/mol. The summed E-state index contributed by atoms with van der Waals surface area (Å²) in [6.45, 7) is 2.29. The van der Waals surface area contributed by atoms with Crippen molar-refractivity contribution in [2.45, 2.75) is 25.3 Å². The van der Waals surface area contributed by atoms with Gasteiger partial charge >= 0.3 is 0 Å². The van der Waals surface area contributed by atoms with Crippen LogP contribution in [0.15, 0.2) is 18.2 Å². The van der Waals surface area contributed by atoms with Crippen LogP contribution in [0.2, 0.25) is 0 Å². The zero-order valence-corrected chi connectivity index (χ0v) is 11.7. The van der Waals surface area contributed by atoms with Crippen LogP contribution in [0.25, 0.3) is 0 Å². The number of nitro benzene ring substituents is 1. The number of anilines is 1. The van der Waals surface area contributed by atoms with E-state index in [-0.39, 0.29) is 5.69 Å². The van der Waals surface area contributed by atoms with Crippen LogP contribution in [0.4, 0.5) is 11.4 Å². The quantitative estimate of drug-likeness (QED) is 0.614. The van der Waals surface area contributed by atoms with Crippen LogP contribution in [0.5, 0.6) is 0 Å². The number of rotatable bonds is 5. The molecule has 2 aliphatic rings. The lowest BCUT2D eigenvalue weighted by Gasteiger charge is -2.27. The van der Waals surface area contributed by atoms with E-state index in [9.17, 15) is 10.1 Å². The van der Waals surface area contributed by atoms with Gasteiger partial charge in [-0.3, -0.25) is 10.1 Å². The van der Waals surface area contributed by atoms with Gasteiger partial charge in [-0.15, -0.1) is 0 Å². The Morgan fingerprint density at radius 2 is 2.24 bits per heavy atom. The van der Waals surface area contributed by atoms with E-state index in [0.717, 1.165) is 39.0 Å². The van der Waals surface area contributed by atoms with Crippen molar-refractivity contribution in [2.24, 2.45) is 5.92 Å². The van der Waals surface area contributed by atoms with E-state index in [1.165, 1.54) is 6.07 Å². The number of benzene rings is 1. The summed E-state index contributed by atoms with van der Waals surface area (Å²) in [5, 5.41) is 20.2. The lowest BCUT2D eigenvalue weighted by atomic mass is 10.1. The Morgan fingerprint density at radius 1 is 1.43 bits per heavy atom. The summed E-state index contributed by atoms with van der Waals surface area (Å²) in [6.07, 6.45) is 3.16. The second-order valence-corrected chi connectivity index (χ2v) is 5.69. The Labute approximate surface area is 123 Å². The topological polar surface area (TPSA) is 79.4 Å². The van der Waals surface area contributed by atoms with Gasteiger partial charge in [0.15, 0.2) is 0 Å². The lowest BCUT2D eigenvalue weighted by molar-refractivity contribution is -0.384. The fourth-order valence-electron chi connectivity index (χ4n) is 2.82. The third-order valence-corrected chi connectivity index (χ3v) is 4.08. The largest absolute Gasteiger partial charge is 0.381 e. The van der Waals surface area contributed by atoms with Gasteiger partial charge in [-0.25, -0.2) is 0 Å². The van der Waals surface area contributed by atoms with Crippen LogP contribution >= 0.6 is 0 Å². The van der Waals surface area contributed by atoms with Crippen molar-refractivity contribution in [3.63, 3.8) is 0 Å². The number of nitriles is 1. The summed E-state index contributed by atoms with van der Waals surface area (Å²) in [5.41, 5.74) is 0.985. The molecule has 1 atom stereocenters. The predicted octanol–water partition coefficient (Wildman–Crippen LogP) is 2.47. The first kappa shape index (κ1) is 13.8. The fourth-order valence-corrected chi connectivity index (χ4v) is 2.82. The number of hydrogen-bond acceptors (Lipinski definition) is 5. The summed E-state index contributed by atoms with van der Waals surface area (Å²) in [4.78, 5) is 13.1. The minimum Gasteiger partial charge on any atom is -0.381 e. The van der Waals surface area contributed by atoms with Crippen molar-refractivity contribution in [3.8, 4) is 6.07 Å². The minimum atomic E-state index is -0.392. The summed E-state index contributed by atoms with van der Waals surface area (Å²) in [7, 11) is 0. The van der Waals surface area contributed by atoms with E-state index in [1.807, 2.05) is 6.07 Å². The van der Waals surface area contributed by atoms with Gasteiger partial charge in [0.05, 0.1) is 23.2 Å². The Kier molecular flexibility index (Phi) is 3.76. The molecule has 21 heavy (non-hydrogen) atoms. The van der Waals surface area contributed by atoms with Crippen molar-refractivity contribution in [2.75, 3.05) is 24.7 Å². The molecule has 110 valence electrons. The molecule has 0 aromatic heterocycles. The van der Waals surface area contributed by atoms with Gasteiger partial charge in [-0.05, 0) is 31.4 Å². The van der Waals surface area contributed by atoms with E-state index in [1.54, 1.807) is 12.1 Å². The molecule has 1 aromatic carbocycles. The minimum absolute atomic E-state index is 0.0277. The molecule has 6 nitrogen and oxygen atoms in total. The van der Waals surface area contributed by atoms with Gasteiger partial charge in [-0.2, -0.15) is 5.26 Å². The highest BCUT2D eigenvalue weighted by molar-refractivity contribution is 5.66. The molecule has 1 aliphatic carbocycles. The standard InChI is InChI=1S/C15H17N3O3/c16-8-11-1-4-14(15(7-11)18(19)20)17(13-2-3-13)9-12-5-6-21-10-12/h1,4,7,12-13H,2-3,5-6,9-10H2/t12-/m1/s1. The van der Waals surface area contributed by atoms with E-state index >= 15 is 0 Å². The lowest BCUT2D eigenvalue weighted by Crippen LogP contribution is -2.32. The molecule has 1 saturated carbocycles. The molecule has 1 heterocycles. The van der Waals surface area contributed by atoms with E-state index in [2.05, 4.69) is 4.90 Å². The molecule has 6 heteroatoms. The Morgan fingerprint density at radius 3 is 2.81 bits per heavy atom. The molecule has 0 radical (unpaired) electrons. The number of nitro groups is 1. The maximum absolute atomic E-state index is 11.3. The third-order valence-electron chi connectivity index (χ3n) is 4.08. The average Bonchev–Trinajstić information content (AvgIpc) is 3.21. The molecule has 1 aromatic rings. The second-order valence-electron chi connectivity index (χ2n) is 5.69. The van der Waals surface area contributed by atoms with Crippen LogP contribution in [-0.2, 0) is 4.74 Å². The van der Waals surface area contributed by atoms with Crippen molar-refractivity contribution in [1.29, 1.82) is 5.26 Å². The maximum Gasteiger partial charge on any atom is 0.293 e. The molecule has 0 bridgehead atoms. The summed E-state index contributed by atoms with van der Waals surface area (Å²) >= 11 is 0. The third kappa shape index (κ3) is 2.98. The second kappa shape index (κ2) is 5.70. The molecule has 0 unspecified atom stereocenters. The van der Waals surface area contributed by atoms with Gasteiger partial charge in [0.25, 0.3) is 5.69 Å². The van der Waals surface area contributed by atoms with Gasteiger partial charge in [0.1, 0.15) is 5.69 Å². The SMILES string of the molecule is N#Cc1ccc(N(C[C@H]2CCOC2)C2CC2)c([N+](=O)[O-])c1. The molecule has 0 spiro atoms. The molecular formula is C15H17N3O3. The molecule has 1 aliphatic heterocycles. The van der Waals surface area contributed by atoms with Crippen molar-refractivity contribution < 1.29 is 9.66 Å². The number of hydrogen-bond donors (Lipinski definition) is 0. The van der Waals surface area contributed by atoms with Crippen LogP contribution < -0.4 is 4.90 Å². The van der Waals surface area contributed by atoms with Crippen LogP contribution in [0.3, 0.4) is 0 Å². The van der Waals surface area contributed by atoms with Gasteiger partial charge in [0, 0.05) is 31.2 Å². The molecule has 0 N–H and O–H groups in total. The zero-order valence-electron chi connectivity index (χ0n) is 11.7. The highest BCUT2D eigenvalue weighted by atomic mass is 16.6. The van der Waals surface area contributed by atoms with Crippen LogP contribution in [0.1, 0.15) is 24.8 Å². The van der Waals surface area contributed by atoms with Crippen molar-refractivity contribution >= 4 is 11.4 Å². The molecule has 2 fully saturated rings. The maximum atomic E-state index is 11.3. The Bertz CT molecular complexity index is 586. The molecule has 3 rings (SSSR count). The molecule has 0 amide bonds. The molecule has 1 saturated heterocycles. The Balaban J connectivity index is 1.91. The van der Waals surface area contributed by atoms with Gasteiger partial charge < -0.3 is 9.64 Å². The predicted molar refractivity (Wildman–Crippen MR) is 77.1 cm³/mol. The zero-order chi connectivity index (χ0) is 14.8. The normalized spacial score (nSPS) is 21.0. The van der Waals surface area contributed by atoms with Gasteiger partial charge in [-0.1, -0.05) is 0 Å². The van der Waals surface area contributed by atoms with E-state index in [0.29, 0.717) is 23.2 Å². The molecular weight excluding hydrogens is 270 g/mol. The van der Waals surface area contributed by atoms with Crippen LogP contribution in [0, 0.1) is 27.4 Å². The fraction of sp³-hybridized carbons (Fsp3) is 0.533. The summed E-state index contributed by atoms with van der Waals surface area (Å²) in [5.74, 6) is 0.431. The highest BCUT2D eigenvalue weighted by Gasteiger charge is 2.35. The van der Waals surface area contributed by atoms with E-state index in [4.69, 9.17) is 10.00 Å². The first-order valence-electron chi connectivity index (χ1n) is 7.22. The first-order chi connectivity index (χ1) is 10.2. The first-order valence-corrected chi connectivity index (χ1v) is 7.22. The van der Waals surface area contributed by atoms with E-state index < -0.39 is 4.92 Å². The summed E-state index contributed by atoms with van der Waals surface area (Å²) < 4.78 is 5.40. The van der Waals surface area contributed by atoms with Crippen molar-refractivity contribution in [1.82, 2.24) is 0 Å². The van der Waals surface area contributed by atoms with Crippen LogP contribution in [-0.4, -0.2) is 30.7 Å². The number of nitrogens with zero attached hydrogens (tertiary/aromatic N) is 3. The van der Waals surface area contributed by atoms with Crippen molar-refractivity contribution in [3.05, 3.63) is 33.9 Å². The summed E-state index contributed by atoms with van der Waals surface area (Å²) in [6, 6.07) is 7.09. The van der Waals surface area contributed by atoms with Gasteiger partial charge in [0.2, 0.25) is 0 Å². The number of ether oxygens (including phenoxy) is 1. The smallest absolute Gasteiger partial charge is 0.293 e. The highest BCUT2D eigenvalue weighted by Crippen LogP contribution is 2.38.